The van der Waals surface area contributed by atoms with Crippen LogP contribution in [0.2, 0.25) is 5.02 Å². The number of benzene rings is 3. The molecule has 0 saturated carbocycles. The summed E-state index contributed by atoms with van der Waals surface area (Å²) in [5, 5.41) is 0.698. The van der Waals surface area contributed by atoms with Gasteiger partial charge in [0.1, 0.15) is 0 Å². The minimum Gasteiger partial charge on any atom is -0.367 e. The molecule has 3 aromatic rings. The van der Waals surface area contributed by atoms with Gasteiger partial charge in [-0.1, -0.05) is 29.8 Å². The third-order valence-electron chi connectivity index (χ3n) is 5.93. The van der Waals surface area contributed by atoms with Crippen LogP contribution in [0.3, 0.4) is 0 Å². The lowest BCUT2D eigenvalue weighted by atomic mass is 10.1. The first kappa shape index (κ1) is 23.1. The average molecular weight is 484 g/mol. The van der Waals surface area contributed by atoms with Crippen molar-refractivity contribution in [3.8, 4) is 0 Å². The van der Waals surface area contributed by atoms with Gasteiger partial charge in [-0.15, -0.1) is 0 Å². The predicted octanol–water partition coefficient (Wildman–Crippen LogP) is 4.72. The van der Waals surface area contributed by atoms with Gasteiger partial charge in [-0.3, -0.25) is 9.52 Å². The quantitative estimate of drug-likeness (QED) is 0.570. The van der Waals surface area contributed by atoms with Gasteiger partial charge >= 0.3 is 0 Å². The molecule has 0 unspecified atom stereocenters. The molecule has 1 fully saturated rings. The number of hydrogen-bond donors (Lipinski definition) is 1. The normalized spacial score (nSPS) is 14.3. The molecule has 1 saturated heterocycles. The fraction of sp³-hybridized carbons (Fsp3) is 0.240. The van der Waals surface area contributed by atoms with Crippen LogP contribution in [-0.2, 0) is 10.0 Å². The van der Waals surface area contributed by atoms with Gasteiger partial charge in [0.25, 0.3) is 15.9 Å². The summed E-state index contributed by atoms with van der Waals surface area (Å²) in [4.78, 5) is 17.0. The number of nitrogens with one attached hydrogen (secondary N) is 1. The summed E-state index contributed by atoms with van der Waals surface area (Å²) in [7, 11) is -3.75. The molecular weight excluding hydrogens is 458 g/mol. The second-order valence-electron chi connectivity index (χ2n) is 8.16. The van der Waals surface area contributed by atoms with E-state index in [9.17, 15) is 13.2 Å². The molecule has 1 N–H and O–H groups in total. The number of carbonyl (C=O) groups excluding carboxylic acids is 1. The van der Waals surface area contributed by atoms with Crippen molar-refractivity contribution < 1.29 is 13.2 Å². The monoisotopic (exact) mass is 483 g/mol. The van der Waals surface area contributed by atoms with Gasteiger partial charge in [0, 0.05) is 37.4 Å². The molecule has 33 heavy (non-hydrogen) atoms. The van der Waals surface area contributed by atoms with Gasteiger partial charge in [0.2, 0.25) is 0 Å². The third kappa shape index (κ3) is 5.15. The molecule has 0 radical (unpaired) electrons. The van der Waals surface area contributed by atoms with E-state index < -0.39 is 10.0 Å². The van der Waals surface area contributed by atoms with Crippen molar-refractivity contribution in [2.45, 2.75) is 18.7 Å². The fourth-order valence-electron chi connectivity index (χ4n) is 3.84. The second kappa shape index (κ2) is 9.45. The van der Waals surface area contributed by atoms with Crippen LogP contribution in [-0.4, -0.2) is 45.4 Å². The lowest BCUT2D eigenvalue weighted by molar-refractivity contribution is 0.0746. The molecule has 0 atom stereocenters. The van der Waals surface area contributed by atoms with Gasteiger partial charge in [0.05, 0.1) is 15.6 Å². The van der Waals surface area contributed by atoms with E-state index in [1.165, 1.54) is 12.1 Å². The van der Waals surface area contributed by atoms with Gasteiger partial charge in [-0.25, -0.2) is 8.42 Å². The molecule has 0 aromatic heterocycles. The van der Waals surface area contributed by atoms with Crippen molar-refractivity contribution in [3.63, 3.8) is 0 Å². The van der Waals surface area contributed by atoms with Crippen LogP contribution in [0.4, 0.5) is 11.4 Å². The summed E-state index contributed by atoms with van der Waals surface area (Å²) in [5.74, 6) is -0.111. The molecule has 3 aromatic carbocycles. The number of aryl methyl sites for hydroxylation is 2. The van der Waals surface area contributed by atoms with E-state index in [-0.39, 0.29) is 10.8 Å². The molecular formula is C25H26ClN3O3S. The van der Waals surface area contributed by atoms with Crippen molar-refractivity contribution in [2.75, 3.05) is 35.8 Å². The van der Waals surface area contributed by atoms with E-state index in [4.69, 9.17) is 11.6 Å². The Morgan fingerprint density at radius 3 is 2.18 bits per heavy atom. The maximum Gasteiger partial charge on any atom is 0.261 e. The van der Waals surface area contributed by atoms with E-state index in [1.807, 2.05) is 44.2 Å². The Balaban J connectivity index is 1.41. The van der Waals surface area contributed by atoms with E-state index in [1.54, 1.807) is 29.2 Å². The van der Waals surface area contributed by atoms with Gasteiger partial charge in [0.15, 0.2) is 0 Å². The Kier molecular flexibility index (Phi) is 6.63. The topological polar surface area (TPSA) is 69.7 Å². The Morgan fingerprint density at radius 1 is 0.879 bits per heavy atom. The van der Waals surface area contributed by atoms with Crippen LogP contribution in [0.15, 0.2) is 71.6 Å². The first-order chi connectivity index (χ1) is 15.7. The summed E-state index contributed by atoms with van der Waals surface area (Å²) in [6.45, 7) is 6.41. The zero-order valence-corrected chi connectivity index (χ0v) is 20.2. The molecule has 6 nitrogen and oxygen atoms in total. The standard InChI is InChI=1S/C25H26ClN3O3S/c1-18-7-10-21(17-19(18)2)27-33(31,32)22-11-8-20(9-12-22)25(30)29-15-13-28(14-16-29)24-6-4-3-5-23(24)26/h3-12,17,27H,13-16H2,1-2H3. The summed E-state index contributed by atoms with van der Waals surface area (Å²) in [6, 6.07) is 19.2. The Morgan fingerprint density at radius 2 is 1.55 bits per heavy atom. The molecule has 0 bridgehead atoms. The van der Waals surface area contributed by atoms with E-state index in [2.05, 4.69) is 9.62 Å². The number of halogens is 1. The van der Waals surface area contributed by atoms with Crippen LogP contribution in [0.25, 0.3) is 0 Å². The Bertz CT molecular complexity index is 1270. The minimum atomic E-state index is -3.75. The largest absolute Gasteiger partial charge is 0.367 e. The number of amides is 1. The summed E-state index contributed by atoms with van der Waals surface area (Å²) < 4.78 is 28.1. The first-order valence-corrected chi connectivity index (χ1v) is 12.6. The van der Waals surface area contributed by atoms with Crippen molar-refractivity contribution in [2.24, 2.45) is 0 Å². The molecule has 0 aliphatic carbocycles. The predicted molar refractivity (Wildman–Crippen MR) is 133 cm³/mol. The lowest BCUT2D eigenvalue weighted by Crippen LogP contribution is -2.48. The molecule has 4 rings (SSSR count). The number of hydrogen-bond acceptors (Lipinski definition) is 4. The van der Waals surface area contributed by atoms with Crippen LogP contribution >= 0.6 is 11.6 Å². The minimum absolute atomic E-state index is 0.111. The van der Waals surface area contributed by atoms with Gasteiger partial charge in [-0.2, -0.15) is 0 Å². The van der Waals surface area contributed by atoms with Crippen molar-refractivity contribution in [1.82, 2.24) is 4.90 Å². The lowest BCUT2D eigenvalue weighted by Gasteiger charge is -2.36. The Labute approximate surface area is 199 Å². The third-order valence-corrected chi connectivity index (χ3v) is 7.65. The summed E-state index contributed by atoms with van der Waals surface area (Å²) in [5.41, 5.74) is 4.04. The second-order valence-corrected chi connectivity index (χ2v) is 10.2. The van der Waals surface area contributed by atoms with Crippen LogP contribution in [0.5, 0.6) is 0 Å². The SMILES string of the molecule is Cc1ccc(NS(=O)(=O)c2ccc(C(=O)N3CCN(c4ccccc4Cl)CC3)cc2)cc1C. The molecule has 0 spiro atoms. The summed E-state index contributed by atoms with van der Waals surface area (Å²) >= 11 is 6.29. The van der Waals surface area contributed by atoms with E-state index in [0.717, 1.165) is 16.8 Å². The van der Waals surface area contributed by atoms with E-state index >= 15 is 0 Å². The van der Waals surface area contributed by atoms with Crippen LogP contribution < -0.4 is 9.62 Å². The number of carbonyl (C=O) groups is 1. The molecule has 1 aliphatic heterocycles. The first-order valence-electron chi connectivity index (χ1n) is 10.7. The molecule has 1 amide bonds. The summed E-state index contributed by atoms with van der Waals surface area (Å²) in [6.07, 6.45) is 0. The average Bonchev–Trinajstić information content (AvgIpc) is 2.81. The van der Waals surface area contributed by atoms with Crippen molar-refractivity contribution in [1.29, 1.82) is 0 Å². The molecule has 8 heteroatoms. The molecule has 1 aliphatic rings. The maximum atomic E-state index is 12.9. The number of nitrogens with zero attached hydrogens (tertiary/aromatic N) is 2. The van der Waals surface area contributed by atoms with Crippen LogP contribution in [0, 0.1) is 13.8 Å². The number of anilines is 2. The van der Waals surface area contributed by atoms with Crippen molar-refractivity contribution in [3.05, 3.63) is 88.4 Å². The smallest absolute Gasteiger partial charge is 0.261 e. The van der Waals surface area contributed by atoms with Gasteiger partial charge < -0.3 is 9.80 Å². The number of para-hydroxylation sites is 1. The highest BCUT2D eigenvalue weighted by atomic mass is 35.5. The zero-order chi connectivity index (χ0) is 23.6. The molecule has 1 heterocycles. The Hall–Kier alpha value is -3.03. The number of sulfonamides is 1. The molecule has 172 valence electrons. The van der Waals surface area contributed by atoms with Gasteiger partial charge in [-0.05, 0) is 73.5 Å². The highest BCUT2D eigenvalue weighted by Crippen LogP contribution is 2.26. The van der Waals surface area contributed by atoms with E-state index in [0.29, 0.717) is 42.5 Å². The number of rotatable bonds is 5. The zero-order valence-electron chi connectivity index (χ0n) is 18.6. The van der Waals surface area contributed by atoms with Crippen LogP contribution in [0.1, 0.15) is 21.5 Å². The van der Waals surface area contributed by atoms with Crippen molar-refractivity contribution >= 4 is 38.9 Å². The highest BCUT2D eigenvalue weighted by Gasteiger charge is 2.24. The fourth-order valence-corrected chi connectivity index (χ4v) is 5.14. The number of piperazine rings is 1. The maximum absolute atomic E-state index is 12.9. The highest BCUT2D eigenvalue weighted by molar-refractivity contribution is 7.92.